The fraction of sp³-hybridized carbons (Fsp3) is 0.611. The van der Waals surface area contributed by atoms with Gasteiger partial charge >= 0.3 is 0 Å². The minimum Gasteiger partial charge on any atom is -0.352 e. The Balaban J connectivity index is 1.79. The lowest BCUT2D eigenvalue weighted by molar-refractivity contribution is -0.122. The molecule has 122 valence electrons. The average Bonchev–Trinajstić information content (AvgIpc) is 2.83. The maximum Gasteiger partial charge on any atom is 0.234 e. The summed E-state index contributed by atoms with van der Waals surface area (Å²) in [7, 11) is 0. The van der Waals surface area contributed by atoms with Gasteiger partial charge in [0.05, 0.1) is 6.54 Å². The van der Waals surface area contributed by atoms with Gasteiger partial charge in [0.15, 0.2) is 0 Å². The zero-order valence-corrected chi connectivity index (χ0v) is 14.1. The van der Waals surface area contributed by atoms with Crippen LogP contribution in [-0.2, 0) is 11.2 Å². The Morgan fingerprint density at radius 1 is 1.45 bits per heavy atom. The third kappa shape index (κ3) is 4.55. The number of aryl methyl sites for hydroxylation is 1. The van der Waals surface area contributed by atoms with E-state index in [0.29, 0.717) is 13.1 Å². The molecule has 1 fully saturated rings. The van der Waals surface area contributed by atoms with E-state index in [4.69, 9.17) is 5.73 Å². The molecule has 3 N–H and O–H groups in total. The second-order valence-electron chi connectivity index (χ2n) is 7.07. The molecule has 4 nitrogen and oxygen atoms in total. The van der Waals surface area contributed by atoms with Crippen molar-refractivity contribution in [2.75, 3.05) is 26.2 Å². The van der Waals surface area contributed by atoms with Crippen LogP contribution >= 0.6 is 0 Å². The molecule has 2 atom stereocenters. The van der Waals surface area contributed by atoms with Gasteiger partial charge in [-0.05, 0) is 56.3 Å². The molecule has 0 aromatic heterocycles. The highest BCUT2D eigenvalue weighted by atomic mass is 16.2. The smallest absolute Gasteiger partial charge is 0.234 e. The van der Waals surface area contributed by atoms with Crippen molar-refractivity contribution in [1.29, 1.82) is 0 Å². The van der Waals surface area contributed by atoms with Gasteiger partial charge in [0.25, 0.3) is 0 Å². The van der Waals surface area contributed by atoms with E-state index in [0.717, 1.165) is 25.9 Å². The number of likely N-dealkylation sites (tertiary alicyclic amines) is 1. The van der Waals surface area contributed by atoms with Gasteiger partial charge in [0.2, 0.25) is 5.91 Å². The van der Waals surface area contributed by atoms with E-state index < -0.39 is 0 Å². The van der Waals surface area contributed by atoms with Gasteiger partial charge < -0.3 is 11.1 Å². The van der Waals surface area contributed by atoms with E-state index in [-0.39, 0.29) is 17.4 Å². The Kier molecular flexibility index (Phi) is 5.59. The van der Waals surface area contributed by atoms with E-state index in [9.17, 15) is 4.79 Å². The van der Waals surface area contributed by atoms with Crippen molar-refractivity contribution in [2.24, 2.45) is 11.1 Å². The van der Waals surface area contributed by atoms with Crippen LogP contribution in [0.15, 0.2) is 24.3 Å². The molecule has 0 bridgehead atoms. The molecule has 2 unspecified atom stereocenters. The van der Waals surface area contributed by atoms with Gasteiger partial charge in [-0.1, -0.05) is 31.2 Å². The molecule has 1 saturated heterocycles. The number of nitrogens with zero attached hydrogens (tertiary/aromatic N) is 1. The van der Waals surface area contributed by atoms with Crippen LogP contribution in [0.4, 0.5) is 0 Å². The van der Waals surface area contributed by atoms with Crippen LogP contribution < -0.4 is 11.1 Å². The van der Waals surface area contributed by atoms with Gasteiger partial charge in [-0.15, -0.1) is 0 Å². The number of nitrogens with two attached hydrogens (primary N) is 1. The number of carbonyl (C=O) groups excluding carboxylic acids is 1. The predicted molar refractivity (Wildman–Crippen MR) is 90.7 cm³/mol. The third-order valence-corrected chi connectivity index (χ3v) is 4.69. The molecule has 1 aromatic rings. The molecule has 0 radical (unpaired) electrons. The van der Waals surface area contributed by atoms with Gasteiger partial charge in [-0.3, -0.25) is 9.69 Å². The minimum atomic E-state index is 0.113. The molecule has 1 aliphatic heterocycles. The summed E-state index contributed by atoms with van der Waals surface area (Å²) in [6.45, 7) is 9.44. The Hall–Kier alpha value is -1.39. The normalized spacial score (nSPS) is 23.5. The van der Waals surface area contributed by atoms with Crippen LogP contribution in [0.1, 0.15) is 31.4 Å². The van der Waals surface area contributed by atoms with Gasteiger partial charge in [-0.25, -0.2) is 0 Å². The molecule has 4 heteroatoms. The number of carbonyl (C=O) groups is 1. The van der Waals surface area contributed by atoms with Gasteiger partial charge in [0.1, 0.15) is 0 Å². The van der Waals surface area contributed by atoms with Crippen molar-refractivity contribution >= 4 is 5.91 Å². The summed E-state index contributed by atoms with van der Waals surface area (Å²) < 4.78 is 0. The summed E-state index contributed by atoms with van der Waals surface area (Å²) in [5.74, 6) is 0.113. The van der Waals surface area contributed by atoms with Crippen LogP contribution in [0.25, 0.3) is 0 Å². The predicted octanol–water partition coefficient (Wildman–Crippen LogP) is 1.71. The summed E-state index contributed by atoms with van der Waals surface area (Å²) in [6, 6.07) is 8.49. The highest BCUT2D eigenvalue weighted by Gasteiger charge is 2.33. The first-order valence-corrected chi connectivity index (χ1v) is 8.18. The zero-order chi connectivity index (χ0) is 16.2. The topological polar surface area (TPSA) is 58.4 Å². The zero-order valence-electron chi connectivity index (χ0n) is 14.1. The molecule has 1 aliphatic rings. The maximum absolute atomic E-state index is 12.2. The van der Waals surface area contributed by atoms with Crippen molar-refractivity contribution in [1.82, 2.24) is 10.2 Å². The molecule has 0 spiro atoms. The summed E-state index contributed by atoms with van der Waals surface area (Å²) in [4.78, 5) is 14.4. The average molecular weight is 303 g/mol. The molecule has 0 saturated carbocycles. The molecule has 1 aromatic carbocycles. The van der Waals surface area contributed by atoms with Crippen molar-refractivity contribution in [2.45, 2.75) is 39.7 Å². The minimum absolute atomic E-state index is 0.113. The number of hydrogen-bond donors (Lipinski definition) is 2. The Bertz CT molecular complexity index is 517. The second kappa shape index (κ2) is 7.25. The summed E-state index contributed by atoms with van der Waals surface area (Å²) in [5.41, 5.74) is 8.57. The van der Waals surface area contributed by atoms with E-state index in [1.165, 1.54) is 11.1 Å². The Labute approximate surface area is 134 Å². The number of amides is 1. The van der Waals surface area contributed by atoms with Crippen molar-refractivity contribution in [3.8, 4) is 0 Å². The van der Waals surface area contributed by atoms with E-state index >= 15 is 0 Å². The Morgan fingerprint density at radius 3 is 2.82 bits per heavy atom. The molecular formula is C18H29N3O. The van der Waals surface area contributed by atoms with Crippen molar-refractivity contribution in [3.63, 3.8) is 0 Å². The molecule has 2 rings (SSSR count). The lowest BCUT2D eigenvalue weighted by Crippen LogP contribution is -2.42. The van der Waals surface area contributed by atoms with E-state index in [1.54, 1.807) is 0 Å². The Morgan fingerprint density at radius 2 is 2.18 bits per heavy atom. The van der Waals surface area contributed by atoms with Gasteiger partial charge in [-0.2, -0.15) is 0 Å². The highest BCUT2D eigenvalue weighted by Crippen LogP contribution is 2.27. The molecule has 0 aliphatic carbocycles. The maximum atomic E-state index is 12.2. The molecular weight excluding hydrogens is 274 g/mol. The van der Waals surface area contributed by atoms with Crippen LogP contribution in [0.2, 0.25) is 0 Å². The molecule has 1 amide bonds. The number of nitrogens with one attached hydrogen (secondary N) is 1. The number of hydrogen-bond acceptors (Lipinski definition) is 3. The number of benzene rings is 1. The van der Waals surface area contributed by atoms with Crippen molar-refractivity contribution < 1.29 is 4.79 Å². The SMILES string of the molecule is Cc1ccccc1CC(C)NC(=O)CN1CCC(C)(CN)C1. The fourth-order valence-electron chi connectivity index (χ4n) is 3.17. The summed E-state index contributed by atoms with van der Waals surface area (Å²) >= 11 is 0. The summed E-state index contributed by atoms with van der Waals surface area (Å²) in [6.07, 6.45) is 1.95. The largest absolute Gasteiger partial charge is 0.352 e. The quantitative estimate of drug-likeness (QED) is 0.841. The van der Waals surface area contributed by atoms with Crippen LogP contribution in [-0.4, -0.2) is 43.0 Å². The van der Waals surface area contributed by atoms with Crippen LogP contribution in [0, 0.1) is 12.3 Å². The van der Waals surface area contributed by atoms with Crippen LogP contribution in [0.5, 0.6) is 0 Å². The monoisotopic (exact) mass is 303 g/mol. The third-order valence-electron chi connectivity index (χ3n) is 4.69. The first-order valence-electron chi connectivity index (χ1n) is 8.18. The van der Waals surface area contributed by atoms with E-state index in [2.05, 4.69) is 49.2 Å². The van der Waals surface area contributed by atoms with E-state index in [1.807, 2.05) is 6.07 Å². The first-order chi connectivity index (χ1) is 10.4. The number of rotatable bonds is 6. The standard InChI is InChI=1S/C18H29N3O/c1-14-6-4-5-7-16(14)10-15(2)20-17(22)11-21-9-8-18(3,12-19)13-21/h4-7,15H,8-13,19H2,1-3H3,(H,20,22). The van der Waals surface area contributed by atoms with Gasteiger partial charge in [0, 0.05) is 12.6 Å². The highest BCUT2D eigenvalue weighted by molar-refractivity contribution is 5.78. The van der Waals surface area contributed by atoms with Crippen molar-refractivity contribution in [3.05, 3.63) is 35.4 Å². The summed E-state index contributed by atoms with van der Waals surface area (Å²) in [5, 5.41) is 3.12. The lowest BCUT2D eigenvalue weighted by atomic mass is 9.90. The van der Waals surface area contributed by atoms with Crippen LogP contribution in [0.3, 0.4) is 0 Å². The fourth-order valence-corrected chi connectivity index (χ4v) is 3.17. The second-order valence-corrected chi connectivity index (χ2v) is 7.07. The lowest BCUT2D eigenvalue weighted by Gasteiger charge is -2.23. The molecule has 22 heavy (non-hydrogen) atoms. The first kappa shape index (κ1) is 17.0. The molecule has 1 heterocycles.